The van der Waals surface area contributed by atoms with Gasteiger partial charge in [-0.15, -0.1) is 6.42 Å². The van der Waals surface area contributed by atoms with Gasteiger partial charge >= 0.3 is 6.03 Å². The molecule has 0 fully saturated rings. The molecule has 0 heterocycles. The van der Waals surface area contributed by atoms with Crippen molar-refractivity contribution in [1.29, 1.82) is 0 Å². The highest BCUT2D eigenvalue weighted by Crippen LogP contribution is 2.21. The van der Waals surface area contributed by atoms with Crippen molar-refractivity contribution < 1.29 is 9.00 Å². The van der Waals surface area contributed by atoms with Crippen LogP contribution in [0.1, 0.15) is 24.1 Å². The van der Waals surface area contributed by atoms with Crippen molar-refractivity contribution in [2.75, 3.05) is 18.6 Å². The quantitative estimate of drug-likeness (QED) is 0.864. The number of hydrogen-bond donors (Lipinski definition) is 1. The molecule has 2 unspecified atom stereocenters. The summed E-state index contributed by atoms with van der Waals surface area (Å²) < 4.78 is 11.4. The van der Waals surface area contributed by atoms with Gasteiger partial charge in [-0.3, -0.25) is 4.21 Å². The number of nitrogens with zero attached hydrogens (tertiary/aromatic N) is 1. The smallest absolute Gasteiger partial charge is 0.321 e. The summed E-state index contributed by atoms with van der Waals surface area (Å²) in [6.45, 7) is 1.94. The molecule has 2 atom stereocenters. The second kappa shape index (κ2) is 7.80. The number of anilines is 1. The zero-order valence-electron chi connectivity index (χ0n) is 13.9. The molecule has 2 aromatic rings. The van der Waals surface area contributed by atoms with Gasteiger partial charge in [0.2, 0.25) is 0 Å². The molecule has 0 aromatic heterocycles. The van der Waals surface area contributed by atoms with Crippen LogP contribution >= 0.6 is 0 Å². The molecule has 0 saturated heterocycles. The molecule has 4 nitrogen and oxygen atoms in total. The average Bonchev–Trinajstić information content (AvgIpc) is 2.60. The summed E-state index contributed by atoms with van der Waals surface area (Å²) in [6, 6.07) is 14.2. The van der Waals surface area contributed by atoms with Crippen LogP contribution in [-0.2, 0) is 10.8 Å². The van der Waals surface area contributed by atoms with Crippen molar-refractivity contribution in [3.05, 3.63) is 59.7 Å². The van der Waals surface area contributed by atoms with E-state index in [9.17, 15) is 9.00 Å². The predicted octanol–water partition coefficient (Wildman–Crippen LogP) is 3.63. The van der Waals surface area contributed by atoms with Crippen molar-refractivity contribution in [2.45, 2.75) is 17.9 Å². The van der Waals surface area contributed by atoms with Gasteiger partial charge in [0.1, 0.15) is 0 Å². The largest absolute Gasteiger partial charge is 0.322 e. The van der Waals surface area contributed by atoms with Gasteiger partial charge in [0.05, 0.1) is 6.04 Å². The first kappa shape index (κ1) is 17.8. The van der Waals surface area contributed by atoms with Crippen LogP contribution in [0.2, 0.25) is 0 Å². The Morgan fingerprint density at radius 1 is 1.25 bits per heavy atom. The molecule has 0 aliphatic heterocycles. The predicted molar refractivity (Wildman–Crippen MR) is 98.3 cm³/mol. The third kappa shape index (κ3) is 4.24. The van der Waals surface area contributed by atoms with Gasteiger partial charge in [0.15, 0.2) is 0 Å². The van der Waals surface area contributed by atoms with Gasteiger partial charge in [-0.2, -0.15) is 0 Å². The molecule has 2 aromatic carbocycles. The van der Waals surface area contributed by atoms with E-state index in [0.717, 1.165) is 10.5 Å². The van der Waals surface area contributed by atoms with Crippen molar-refractivity contribution in [1.82, 2.24) is 4.90 Å². The standard InChI is InChI=1S/C19H20N2O2S/c1-5-15-7-6-8-17(13-15)20-19(22)21(3)14(2)16-9-11-18(12-10-16)24(4)23/h1,6-14H,2-4H3,(H,20,22). The zero-order chi connectivity index (χ0) is 17.7. The minimum atomic E-state index is -1.01. The minimum Gasteiger partial charge on any atom is -0.321 e. The Balaban J connectivity index is 2.08. The van der Waals surface area contributed by atoms with Crippen LogP contribution in [0, 0.1) is 12.3 Å². The Morgan fingerprint density at radius 3 is 2.50 bits per heavy atom. The topological polar surface area (TPSA) is 49.4 Å². The molecule has 0 spiro atoms. The normalized spacial score (nSPS) is 12.8. The Labute approximate surface area is 145 Å². The highest BCUT2D eigenvalue weighted by Gasteiger charge is 2.17. The van der Waals surface area contributed by atoms with Crippen molar-refractivity contribution in [3.63, 3.8) is 0 Å². The number of carbonyl (C=O) groups excluding carboxylic acids is 1. The van der Waals surface area contributed by atoms with E-state index in [1.54, 1.807) is 42.5 Å². The number of amides is 2. The van der Waals surface area contributed by atoms with Crippen molar-refractivity contribution >= 4 is 22.5 Å². The molecule has 0 bridgehead atoms. The van der Waals surface area contributed by atoms with E-state index >= 15 is 0 Å². The van der Waals surface area contributed by atoms with E-state index in [0.29, 0.717) is 11.3 Å². The van der Waals surface area contributed by atoms with E-state index in [-0.39, 0.29) is 12.1 Å². The summed E-state index contributed by atoms with van der Waals surface area (Å²) in [7, 11) is 0.724. The second-order valence-electron chi connectivity index (χ2n) is 5.47. The molecule has 1 N–H and O–H groups in total. The van der Waals surface area contributed by atoms with Gasteiger partial charge in [-0.25, -0.2) is 4.79 Å². The molecule has 2 amide bonds. The summed E-state index contributed by atoms with van der Waals surface area (Å²) in [5.41, 5.74) is 2.34. The molecule has 0 saturated carbocycles. The fraction of sp³-hybridized carbons (Fsp3) is 0.211. The second-order valence-corrected chi connectivity index (χ2v) is 6.84. The number of urea groups is 1. The Bertz CT molecular complexity index is 794. The fourth-order valence-electron chi connectivity index (χ4n) is 2.24. The lowest BCUT2D eigenvalue weighted by Crippen LogP contribution is -2.33. The first-order valence-corrected chi connectivity index (χ1v) is 9.02. The van der Waals surface area contributed by atoms with Crippen LogP contribution in [-0.4, -0.2) is 28.4 Å². The molecular weight excluding hydrogens is 320 g/mol. The Hall–Kier alpha value is -2.58. The Kier molecular flexibility index (Phi) is 5.78. The van der Waals surface area contributed by atoms with Crippen LogP contribution in [0.3, 0.4) is 0 Å². The highest BCUT2D eigenvalue weighted by molar-refractivity contribution is 7.84. The third-order valence-corrected chi connectivity index (χ3v) is 4.81. The summed E-state index contributed by atoms with van der Waals surface area (Å²) in [5.74, 6) is 2.54. The van der Waals surface area contributed by atoms with E-state index < -0.39 is 10.8 Å². The maximum atomic E-state index is 12.4. The minimum absolute atomic E-state index is 0.125. The molecular formula is C19H20N2O2S. The van der Waals surface area contributed by atoms with E-state index in [1.165, 1.54) is 0 Å². The van der Waals surface area contributed by atoms with E-state index in [2.05, 4.69) is 11.2 Å². The van der Waals surface area contributed by atoms with Crippen LogP contribution < -0.4 is 5.32 Å². The lowest BCUT2D eigenvalue weighted by atomic mass is 10.1. The molecule has 24 heavy (non-hydrogen) atoms. The zero-order valence-corrected chi connectivity index (χ0v) is 14.8. The van der Waals surface area contributed by atoms with Crippen molar-refractivity contribution in [3.8, 4) is 12.3 Å². The number of rotatable bonds is 4. The summed E-state index contributed by atoms with van der Waals surface area (Å²) >= 11 is 0. The maximum Gasteiger partial charge on any atom is 0.322 e. The molecule has 124 valence electrons. The number of carbonyl (C=O) groups is 1. The monoisotopic (exact) mass is 340 g/mol. The molecule has 5 heteroatoms. The maximum absolute atomic E-state index is 12.4. The number of terminal acetylenes is 1. The van der Waals surface area contributed by atoms with Gasteiger partial charge in [0, 0.05) is 40.2 Å². The SMILES string of the molecule is C#Cc1cccc(NC(=O)N(C)C(C)c2ccc(S(C)=O)cc2)c1. The molecule has 0 radical (unpaired) electrons. The lowest BCUT2D eigenvalue weighted by molar-refractivity contribution is 0.208. The van der Waals surface area contributed by atoms with E-state index in [1.807, 2.05) is 31.2 Å². The lowest BCUT2D eigenvalue weighted by Gasteiger charge is -2.25. The van der Waals surface area contributed by atoms with Crippen LogP contribution in [0.5, 0.6) is 0 Å². The summed E-state index contributed by atoms with van der Waals surface area (Å²) in [5, 5.41) is 2.84. The summed E-state index contributed by atoms with van der Waals surface area (Å²) in [6.07, 6.45) is 7.01. The Morgan fingerprint density at radius 2 is 1.92 bits per heavy atom. The number of nitrogens with one attached hydrogen (secondary N) is 1. The van der Waals surface area contributed by atoms with E-state index in [4.69, 9.17) is 6.42 Å². The van der Waals surface area contributed by atoms with Gasteiger partial charge in [0.25, 0.3) is 0 Å². The summed E-state index contributed by atoms with van der Waals surface area (Å²) in [4.78, 5) is 14.8. The fourth-order valence-corrected chi connectivity index (χ4v) is 2.76. The average molecular weight is 340 g/mol. The van der Waals surface area contributed by atoms with Crippen LogP contribution in [0.15, 0.2) is 53.4 Å². The third-order valence-electron chi connectivity index (χ3n) is 3.88. The van der Waals surface area contributed by atoms with Gasteiger partial charge in [-0.1, -0.05) is 24.1 Å². The van der Waals surface area contributed by atoms with Crippen LogP contribution in [0.4, 0.5) is 10.5 Å². The van der Waals surface area contributed by atoms with Gasteiger partial charge in [-0.05, 0) is 42.8 Å². The molecule has 0 aliphatic carbocycles. The highest BCUT2D eigenvalue weighted by atomic mass is 32.2. The molecule has 0 aliphatic rings. The number of hydrogen-bond acceptors (Lipinski definition) is 2. The van der Waals surface area contributed by atoms with Crippen molar-refractivity contribution in [2.24, 2.45) is 0 Å². The number of benzene rings is 2. The first-order chi connectivity index (χ1) is 11.4. The van der Waals surface area contributed by atoms with Crippen LogP contribution in [0.25, 0.3) is 0 Å². The van der Waals surface area contributed by atoms with Gasteiger partial charge < -0.3 is 10.2 Å². The first-order valence-electron chi connectivity index (χ1n) is 7.46. The molecule has 2 rings (SSSR count).